The van der Waals surface area contributed by atoms with Gasteiger partial charge in [-0.3, -0.25) is 4.79 Å². The zero-order valence-electron chi connectivity index (χ0n) is 13.1. The van der Waals surface area contributed by atoms with Crippen LogP contribution in [0.15, 0.2) is 18.2 Å². The third-order valence-corrected chi connectivity index (χ3v) is 4.47. The first-order valence-electron chi connectivity index (χ1n) is 7.67. The maximum atomic E-state index is 12.5. The van der Waals surface area contributed by atoms with Crippen LogP contribution in [0.4, 0.5) is 0 Å². The fourth-order valence-corrected chi connectivity index (χ4v) is 3.30. The van der Waals surface area contributed by atoms with Gasteiger partial charge in [0.25, 0.3) is 0 Å². The topological polar surface area (TPSA) is 54.0 Å². The van der Waals surface area contributed by atoms with Gasteiger partial charge < -0.3 is 18.9 Å². The summed E-state index contributed by atoms with van der Waals surface area (Å²) in [4.78, 5) is 12.5. The molecule has 0 bridgehead atoms. The van der Waals surface area contributed by atoms with Gasteiger partial charge in [-0.05, 0) is 31.4 Å². The second-order valence-corrected chi connectivity index (χ2v) is 5.89. The van der Waals surface area contributed by atoms with Crippen molar-refractivity contribution in [1.29, 1.82) is 0 Å². The molecule has 0 aliphatic carbocycles. The smallest absolute Gasteiger partial charge is 0.316 e. The normalized spacial score (nSPS) is 21.7. The Labute approximate surface area is 130 Å². The number of carbonyl (C=O) groups is 1. The minimum absolute atomic E-state index is 0.194. The third kappa shape index (κ3) is 2.76. The zero-order chi connectivity index (χ0) is 15.6. The Balaban J connectivity index is 2.01. The summed E-state index contributed by atoms with van der Waals surface area (Å²) in [6.45, 7) is 4.35. The SMILES string of the molecule is COC(=O)C1(c2cc(C)cc(C3OCCO3)c2)CCOCC1. The predicted octanol–water partition coefficient (Wildman–Crippen LogP) is 2.26. The van der Waals surface area contributed by atoms with E-state index in [0.717, 1.165) is 16.7 Å². The largest absolute Gasteiger partial charge is 0.468 e. The maximum Gasteiger partial charge on any atom is 0.316 e. The molecule has 2 heterocycles. The molecule has 0 atom stereocenters. The minimum atomic E-state index is -0.633. The van der Waals surface area contributed by atoms with Crippen molar-refractivity contribution >= 4 is 5.97 Å². The predicted molar refractivity (Wildman–Crippen MR) is 79.6 cm³/mol. The summed E-state index contributed by atoms with van der Waals surface area (Å²) < 4.78 is 21.7. The van der Waals surface area contributed by atoms with Gasteiger partial charge in [0.1, 0.15) is 0 Å². The molecular formula is C17H22O5. The number of methoxy groups -OCH3 is 1. The maximum absolute atomic E-state index is 12.5. The van der Waals surface area contributed by atoms with Crippen LogP contribution in [-0.4, -0.2) is 39.5 Å². The fraction of sp³-hybridized carbons (Fsp3) is 0.588. The molecule has 2 fully saturated rings. The summed E-state index contributed by atoms with van der Waals surface area (Å²) in [5, 5.41) is 0. The Kier molecular flexibility index (Phi) is 4.47. The van der Waals surface area contributed by atoms with Gasteiger partial charge in [-0.2, -0.15) is 0 Å². The highest BCUT2D eigenvalue weighted by atomic mass is 16.7. The van der Waals surface area contributed by atoms with E-state index in [1.165, 1.54) is 7.11 Å². The average molecular weight is 306 g/mol. The molecule has 3 rings (SSSR count). The summed E-state index contributed by atoms with van der Waals surface area (Å²) in [5.74, 6) is -0.194. The number of carbonyl (C=O) groups excluding carboxylic acids is 1. The Bertz CT molecular complexity index is 542. The van der Waals surface area contributed by atoms with Crippen LogP contribution in [0.1, 0.15) is 35.8 Å². The first kappa shape index (κ1) is 15.5. The Hall–Kier alpha value is -1.43. The molecule has 5 heteroatoms. The van der Waals surface area contributed by atoms with Crippen LogP contribution >= 0.6 is 0 Å². The van der Waals surface area contributed by atoms with E-state index in [4.69, 9.17) is 18.9 Å². The van der Waals surface area contributed by atoms with Gasteiger partial charge in [-0.15, -0.1) is 0 Å². The number of ether oxygens (including phenoxy) is 4. The summed E-state index contributed by atoms with van der Waals surface area (Å²) in [6, 6.07) is 6.12. The lowest BCUT2D eigenvalue weighted by Crippen LogP contribution is -2.42. The van der Waals surface area contributed by atoms with Gasteiger partial charge in [-0.1, -0.05) is 17.7 Å². The molecule has 2 saturated heterocycles. The fourth-order valence-electron chi connectivity index (χ4n) is 3.30. The highest BCUT2D eigenvalue weighted by Crippen LogP contribution is 2.38. The van der Waals surface area contributed by atoms with Crippen molar-refractivity contribution in [2.75, 3.05) is 33.5 Å². The molecule has 2 aliphatic heterocycles. The van der Waals surface area contributed by atoms with E-state index in [1.54, 1.807) is 0 Å². The van der Waals surface area contributed by atoms with Crippen molar-refractivity contribution < 1.29 is 23.7 Å². The monoisotopic (exact) mass is 306 g/mol. The van der Waals surface area contributed by atoms with Gasteiger partial charge in [-0.25, -0.2) is 0 Å². The number of rotatable bonds is 3. The molecule has 22 heavy (non-hydrogen) atoms. The van der Waals surface area contributed by atoms with Crippen molar-refractivity contribution in [2.45, 2.75) is 31.5 Å². The molecule has 0 N–H and O–H groups in total. The van der Waals surface area contributed by atoms with Crippen molar-refractivity contribution in [3.05, 3.63) is 34.9 Å². The zero-order valence-corrected chi connectivity index (χ0v) is 13.1. The molecule has 120 valence electrons. The number of aryl methyl sites for hydroxylation is 1. The number of hydrogen-bond donors (Lipinski definition) is 0. The van der Waals surface area contributed by atoms with Crippen molar-refractivity contribution in [3.8, 4) is 0 Å². The molecular weight excluding hydrogens is 284 g/mol. The lowest BCUT2D eigenvalue weighted by molar-refractivity contribution is -0.151. The molecule has 0 radical (unpaired) electrons. The van der Waals surface area contributed by atoms with Gasteiger partial charge in [0.15, 0.2) is 6.29 Å². The van der Waals surface area contributed by atoms with Gasteiger partial charge in [0, 0.05) is 18.8 Å². The van der Waals surface area contributed by atoms with Crippen LogP contribution < -0.4 is 0 Å². The van der Waals surface area contributed by atoms with E-state index < -0.39 is 5.41 Å². The Morgan fingerprint density at radius 1 is 1.14 bits per heavy atom. The summed E-state index contributed by atoms with van der Waals surface area (Å²) in [6.07, 6.45) is 0.928. The summed E-state index contributed by atoms with van der Waals surface area (Å²) >= 11 is 0. The second kappa shape index (κ2) is 6.36. The Morgan fingerprint density at radius 3 is 2.45 bits per heavy atom. The van der Waals surface area contributed by atoms with Crippen LogP contribution in [0.2, 0.25) is 0 Å². The highest BCUT2D eigenvalue weighted by molar-refractivity contribution is 5.83. The van der Waals surface area contributed by atoms with Gasteiger partial charge >= 0.3 is 5.97 Å². The van der Waals surface area contributed by atoms with E-state index in [-0.39, 0.29) is 12.3 Å². The van der Waals surface area contributed by atoms with Crippen molar-refractivity contribution in [3.63, 3.8) is 0 Å². The lowest BCUT2D eigenvalue weighted by Gasteiger charge is -2.35. The first-order chi connectivity index (χ1) is 10.7. The van der Waals surface area contributed by atoms with Crippen LogP contribution in [0.5, 0.6) is 0 Å². The third-order valence-electron chi connectivity index (χ3n) is 4.47. The summed E-state index contributed by atoms with van der Waals surface area (Å²) in [5.41, 5.74) is 2.38. The highest BCUT2D eigenvalue weighted by Gasteiger charge is 2.43. The molecule has 0 amide bonds. The lowest BCUT2D eigenvalue weighted by atomic mass is 9.73. The average Bonchev–Trinajstić information content (AvgIpc) is 3.08. The van der Waals surface area contributed by atoms with Crippen LogP contribution in [-0.2, 0) is 29.2 Å². The molecule has 0 saturated carbocycles. The van der Waals surface area contributed by atoms with E-state index >= 15 is 0 Å². The molecule has 0 unspecified atom stereocenters. The van der Waals surface area contributed by atoms with E-state index in [0.29, 0.717) is 39.3 Å². The molecule has 2 aliphatic rings. The molecule has 0 spiro atoms. The number of benzene rings is 1. The van der Waals surface area contributed by atoms with Crippen LogP contribution in [0.3, 0.4) is 0 Å². The first-order valence-corrected chi connectivity index (χ1v) is 7.67. The molecule has 0 aromatic heterocycles. The van der Waals surface area contributed by atoms with Crippen LogP contribution in [0.25, 0.3) is 0 Å². The van der Waals surface area contributed by atoms with E-state index in [2.05, 4.69) is 6.07 Å². The summed E-state index contributed by atoms with van der Waals surface area (Å²) in [7, 11) is 1.44. The van der Waals surface area contributed by atoms with Gasteiger partial charge in [0.2, 0.25) is 0 Å². The van der Waals surface area contributed by atoms with Crippen molar-refractivity contribution in [1.82, 2.24) is 0 Å². The number of hydrogen-bond acceptors (Lipinski definition) is 5. The van der Waals surface area contributed by atoms with Crippen LogP contribution in [0, 0.1) is 6.92 Å². The molecule has 5 nitrogen and oxygen atoms in total. The van der Waals surface area contributed by atoms with Crippen molar-refractivity contribution in [2.24, 2.45) is 0 Å². The second-order valence-electron chi connectivity index (χ2n) is 5.89. The molecule has 1 aromatic rings. The quantitative estimate of drug-likeness (QED) is 0.802. The van der Waals surface area contributed by atoms with E-state index in [1.807, 2.05) is 19.1 Å². The standard InChI is InChI=1S/C17H22O5/c1-12-9-13(15-21-7-8-22-15)11-14(10-12)17(16(18)19-2)3-5-20-6-4-17/h9-11,15H,3-8H2,1-2H3. The Morgan fingerprint density at radius 2 is 1.82 bits per heavy atom. The number of esters is 1. The van der Waals surface area contributed by atoms with E-state index in [9.17, 15) is 4.79 Å². The van der Waals surface area contributed by atoms with Gasteiger partial charge in [0.05, 0.1) is 25.7 Å². The molecule has 1 aromatic carbocycles. The minimum Gasteiger partial charge on any atom is -0.468 e.